The third-order valence-electron chi connectivity index (χ3n) is 6.24. The molecule has 1 unspecified atom stereocenters. The molecule has 1 aromatic carbocycles. The first-order chi connectivity index (χ1) is 18.6. The van der Waals surface area contributed by atoms with Crippen LogP contribution in [0, 0.1) is 15.5 Å². The number of rotatable bonds is 4. The summed E-state index contributed by atoms with van der Waals surface area (Å²) in [6.07, 6.45) is -8.11. The number of fused-ring (bicyclic) bond motifs is 5. The molecule has 2 aromatic heterocycles. The Labute approximate surface area is 223 Å². The van der Waals surface area contributed by atoms with E-state index in [1.807, 2.05) is 0 Å². The number of alkyl halides is 6. The van der Waals surface area contributed by atoms with Crippen molar-refractivity contribution in [2.75, 3.05) is 11.9 Å². The molecular formula is C25H23F6N5O4. The van der Waals surface area contributed by atoms with Crippen molar-refractivity contribution < 1.29 is 40.4 Å². The average molecular weight is 571 g/mol. The fourth-order valence-corrected chi connectivity index (χ4v) is 3.99. The second kappa shape index (κ2) is 10.5. The summed E-state index contributed by atoms with van der Waals surface area (Å²) >= 11 is 0. The number of anilines is 1. The van der Waals surface area contributed by atoms with Crippen LogP contribution in [0.25, 0.3) is 11.6 Å². The van der Waals surface area contributed by atoms with Gasteiger partial charge >= 0.3 is 18.0 Å². The maximum atomic E-state index is 14.8. The van der Waals surface area contributed by atoms with E-state index in [2.05, 4.69) is 20.5 Å². The maximum Gasteiger partial charge on any atom is 0.426 e. The number of aromatic nitrogens is 3. The first kappa shape index (κ1) is 29.0. The van der Waals surface area contributed by atoms with Crippen LogP contribution in [-0.4, -0.2) is 32.8 Å². The molecule has 40 heavy (non-hydrogen) atoms. The Bertz CT molecular complexity index is 1400. The molecule has 4 bridgehead atoms. The van der Waals surface area contributed by atoms with Gasteiger partial charge < -0.3 is 14.5 Å². The quantitative estimate of drug-likeness (QED) is 0.157. The van der Waals surface area contributed by atoms with Gasteiger partial charge in [-0.1, -0.05) is 56.3 Å². The predicted octanol–water partition coefficient (Wildman–Crippen LogP) is 6.82. The molecule has 1 aliphatic heterocycles. The summed E-state index contributed by atoms with van der Waals surface area (Å²) in [6.45, 7) is 2.75. The lowest BCUT2D eigenvalue weighted by molar-refractivity contribution is -0.384. The van der Waals surface area contributed by atoms with E-state index >= 15 is 0 Å². The Hall–Kier alpha value is -4.01. The molecule has 1 aliphatic rings. The van der Waals surface area contributed by atoms with Gasteiger partial charge in [0.25, 0.3) is 11.8 Å². The standard InChI is InChI=1S/C25H23F6N5O4/c1-22(2)10-6-7-11-23(25(29,30)31,39-13-15-8-4-3-5-9-15)21-35-34-20(40-21)18-17(36(37)38)12-16(24(26,27)28)19(33-18)32-14-22/h3-9,12H,10-11,13-14H2,1-2H3,(H,32,33). The maximum absolute atomic E-state index is 14.8. The summed E-state index contributed by atoms with van der Waals surface area (Å²) in [5.41, 5.74) is -6.97. The van der Waals surface area contributed by atoms with Gasteiger partial charge in [0.05, 0.1) is 11.5 Å². The zero-order chi connectivity index (χ0) is 29.3. The molecule has 3 heterocycles. The smallest absolute Gasteiger partial charge is 0.415 e. The van der Waals surface area contributed by atoms with Crippen LogP contribution in [-0.2, 0) is 23.1 Å². The molecule has 0 amide bonds. The molecule has 0 saturated heterocycles. The molecule has 1 N–H and O–H groups in total. The van der Waals surface area contributed by atoms with Gasteiger partial charge in [-0.25, -0.2) is 4.98 Å². The third-order valence-corrected chi connectivity index (χ3v) is 6.24. The lowest BCUT2D eigenvalue weighted by Gasteiger charge is -2.32. The Morgan fingerprint density at radius 3 is 2.38 bits per heavy atom. The van der Waals surface area contributed by atoms with Gasteiger partial charge in [-0.05, 0) is 17.4 Å². The Morgan fingerprint density at radius 2 is 1.75 bits per heavy atom. The third kappa shape index (κ3) is 5.93. The van der Waals surface area contributed by atoms with Crippen molar-refractivity contribution in [3.8, 4) is 11.6 Å². The molecule has 0 fully saturated rings. The second-order valence-electron chi connectivity index (χ2n) is 9.92. The van der Waals surface area contributed by atoms with Crippen LogP contribution in [0.4, 0.5) is 37.8 Å². The van der Waals surface area contributed by atoms with E-state index in [0.717, 1.165) is 0 Å². The molecule has 9 nitrogen and oxygen atoms in total. The van der Waals surface area contributed by atoms with Crippen molar-refractivity contribution in [1.82, 2.24) is 15.2 Å². The second-order valence-corrected chi connectivity index (χ2v) is 9.92. The fourth-order valence-electron chi connectivity index (χ4n) is 3.99. The summed E-state index contributed by atoms with van der Waals surface area (Å²) < 4.78 is 96.4. The number of ether oxygens (including phenoxy) is 1. The molecule has 214 valence electrons. The predicted molar refractivity (Wildman–Crippen MR) is 129 cm³/mol. The van der Waals surface area contributed by atoms with Crippen molar-refractivity contribution in [3.05, 3.63) is 75.7 Å². The van der Waals surface area contributed by atoms with E-state index in [0.29, 0.717) is 5.56 Å². The molecule has 0 saturated carbocycles. The van der Waals surface area contributed by atoms with Gasteiger partial charge in [0.2, 0.25) is 11.3 Å². The van der Waals surface area contributed by atoms with Crippen LogP contribution in [0.2, 0.25) is 0 Å². The van der Waals surface area contributed by atoms with Crippen LogP contribution >= 0.6 is 0 Å². The molecular weight excluding hydrogens is 548 g/mol. The topological polar surface area (TPSA) is 116 Å². The van der Waals surface area contributed by atoms with E-state index in [-0.39, 0.29) is 19.0 Å². The number of halogens is 6. The van der Waals surface area contributed by atoms with Crippen molar-refractivity contribution in [3.63, 3.8) is 0 Å². The van der Waals surface area contributed by atoms with E-state index < -0.39 is 75.9 Å². The monoisotopic (exact) mass is 571 g/mol. The molecule has 0 spiro atoms. The Kier molecular flexibility index (Phi) is 7.62. The van der Waals surface area contributed by atoms with E-state index in [1.165, 1.54) is 12.2 Å². The van der Waals surface area contributed by atoms with Gasteiger partial charge in [0, 0.05) is 19.0 Å². The number of hydrogen-bond donors (Lipinski definition) is 1. The average Bonchev–Trinajstić information content (AvgIpc) is 3.36. The highest BCUT2D eigenvalue weighted by Gasteiger charge is 2.61. The van der Waals surface area contributed by atoms with Crippen LogP contribution in [0.1, 0.15) is 43.7 Å². The minimum absolute atomic E-state index is 0.103. The lowest BCUT2D eigenvalue weighted by Crippen LogP contribution is -2.45. The zero-order valence-electron chi connectivity index (χ0n) is 21.1. The number of allylic oxidation sites excluding steroid dienone is 1. The zero-order valence-corrected chi connectivity index (χ0v) is 21.1. The van der Waals surface area contributed by atoms with Crippen molar-refractivity contribution in [1.29, 1.82) is 0 Å². The summed E-state index contributed by atoms with van der Waals surface area (Å²) in [6, 6.07) is 8.23. The van der Waals surface area contributed by atoms with E-state index in [9.17, 15) is 36.5 Å². The van der Waals surface area contributed by atoms with Crippen LogP contribution in [0.5, 0.6) is 0 Å². The molecule has 0 aliphatic carbocycles. The van der Waals surface area contributed by atoms with Gasteiger partial charge in [-0.3, -0.25) is 10.1 Å². The van der Waals surface area contributed by atoms with Gasteiger partial charge in [-0.2, -0.15) is 26.3 Å². The number of nitrogens with zero attached hydrogens (tertiary/aromatic N) is 4. The largest absolute Gasteiger partial charge is 0.426 e. The van der Waals surface area contributed by atoms with Crippen LogP contribution < -0.4 is 5.32 Å². The highest BCUT2D eigenvalue weighted by atomic mass is 19.4. The normalized spacial score (nSPS) is 19.5. The fraction of sp³-hybridized carbons (Fsp3) is 0.400. The molecule has 3 aromatic rings. The van der Waals surface area contributed by atoms with Crippen LogP contribution in [0.15, 0.2) is 53.0 Å². The summed E-state index contributed by atoms with van der Waals surface area (Å²) in [7, 11) is 0. The highest BCUT2D eigenvalue weighted by molar-refractivity contribution is 5.68. The van der Waals surface area contributed by atoms with Gasteiger partial charge in [0.1, 0.15) is 11.4 Å². The summed E-state index contributed by atoms with van der Waals surface area (Å²) in [5.74, 6) is -2.74. The SMILES string of the molecule is CC1(C)CC=CCC(OCc2ccccc2)(C(F)(F)F)c2nnc(o2)-c2nc(c(C(F)(F)F)cc2[N+](=O)[O-])NC1. The van der Waals surface area contributed by atoms with Crippen molar-refractivity contribution in [2.45, 2.75) is 51.2 Å². The molecule has 4 rings (SSSR count). The number of nitrogens with one attached hydrogen (secondary N) is 1. The van der Waals surface area contributed by atoms with Crippen molar-refractivity contribution in [2.24, 2.45) is 5.41 Å². The van der Waals surface area contributed by atoms with E-state index in [4.69, 9.17) is 9.15 Å². The molecule has 15 heteroatoms. The summed E-state index contributed by atoms with van der Waals surface area (Å²) in [4.78, 5) is 14.3. The van der Waals surface area contributed by atoms with Crippen molar-refractivity contribution >= 4 is 11.5 Å². The number of benzene rings is 1. The molecule has 1 atom stereocenters. The Balaban J connectivity index is 1.94. The minimum Gasteiger partial charge on any atom is -0.415 e. The van der Waals surface area contributed by atoms with Crippen LogP contribution in [0.3, 0.4) is 0 Å². The number of nitro groups is 1. The number of pyridine rings is 1. The molecule has 0 radical (unpaired) electrons. The first-order valence-electron chi connectivity index (χ1n) is 11.9. The van der Waals surface area contributed by atoms with E-state index in [1.54, 1.807) is 44.2 Å². The Morgan fingerprint density at radius 1 is 1.07 bits per heavy atom. The first-order valence-corrected chi connectivity index (χ1v) is 11.9. The van der Waals surface area contributed by atoms with Gasteiger partial charge in [0.15, 0.2) is 0 Å². The van der Waals surface area contributed by atoms with Gasteiger partial charge in [-0.15, -0.1) is 10.2 Å². The summed E-state index contributed by atoms with van der Waals surface area (Å²) in [5, 5.41) is 21.3. The number of hydrogen-bond acceptors (Lipinski definition) is 8. The lowest BCUT2D eigenvalue weighted by atomic mass is 9.88. The minimum atomic E-state index is -5.12. The highest BCUT2D eigenvalue weighted by Crippen LogP contribution is 2.47.